The molecule has 0 aliphatic rings. The molecule has 14 heavy (non-hydrogen) atoms. The zero-order valence-electron chi connectivity index (χ0n) is 8.23. The summed E-state index contributed by atoms with van der Waals surface area (Å²) in [7, 11) is 0. The van der Waals surface area contributed by atoms with Gasteiger partial charge in [-0.2, -0.15) is 0 Å². The first-order valence-corrected chi connectivity index (χ1v) is 4.87. The molecule has 3 N–H and O–H groups in total. The molecule has 3 heteroatoms. The molecule has 0 unspecified atom stereocenters. The van der Waals surface area contributed by atoms with Gasteiger partial charge >= 0.3 is 0 Å². The summed E-state index contributed by atoms with van der Waals surface area (Å²) in [5.41, 5.74) is 5.55. The molecule has 0 aromatic heterocycles. The van der Waals surface area contributed by atoms with E-state index in [0.717, 1.165) is 18.6 Å². The Morgan fingerprint density at radius 2 is 2.00 bits per heavy atom. The monoisotopic (exact) mass is 195 g/mol. The van der Waals surface area contributed by atoms with E-state index in [1.165, 1.54) is 0 Å². The SMILES string of the molecule is N[C@H](CO)CCCOc1ccccc1. The molecule has 1 aromatic rings. The summed E-state index contributed by atoms with van der Waals surface area (Å²) in [4.78, 5) is 0. The molecule has 3 nitrogen and oxygen atoms in total. The number of aliphatic hydroxyl groups excluding tert-OH is 1. The first-order chi connectivity index (χ1) is 6.83. The van der Waals surface area contributed by atoms with Gasteiger partial charge in [-0.3, -0.25) is 0 Å². The van der Waals surface area contributed by atoms with Crippen LogP contribution in [0.5, 0.6) is 5.75 Å². The number of rotatable bonds is 6. The van der Waals surface area contributed by atoms with Crippen molar-refractivity contribution in [2.24, 2.45) is 5.73 Å². The van der Waals surface area contributed by atoms with Gasteiger partial charge in [0.15, 0.2) is 0 Å². The first kappa shape index (κ1) is 11.0. The van der Waals surface area contributed by atoms with Gasteiger partial charge in [0.25, 0.3) is 0 Å². The van der Waals surface area contributed by atoms with Crippen LogP contribution in [0.3, 0.4) is 0 Å². The van der Waals surface area contributed by atoms with Gasteiger partial charge < -0.3 is 15.6 Å². The number of ether oxygens (including phenoxy) is 1. The lowest BCUT2D eigenvalue weighted by Crippen LogP contribution is -2.24. The van der Waals surface area contributed by atoms with Gasteiger partial charge in [-0.1, -0.05) is 18.2 Å². The van der Waals surface area contributed by atoms with Gasteiger partial charge in [-0.25, -0.2) is 0 Å². The van der Waals surface area contributed by atoms with Crippen LogP contribution >= 0.6 is 0 Å². The van der Waals surface area contributed by atoms with Crippen molar-refractivity contribution in [1.82, 2.24) is 0 Å². The third-order valence-corrected chi connectivity index (χ3v) is 1.97. The average Bonchev–Trinajstić information content (AvgIpc) is 2.25. The predicted octanol–water partition coefficient (Wildman–Crippen LogP) is 1.17. The minimum absolute atomic E-state index is 0.0470. The molecule has 0 heterocycles. The van der Waals surface area contributed by atoms with E-state index in [2.05, 4.69) is 0 Å². The summed E-state index contributed by atoms with van der Waals surface area (Å²) in [5, 5.41) is 8.69. The Labute approximate surface area is 84.5 Å². The smallest absolute Gasteiger partial charge is 0.119 e. The number of hydrogen-bond donors (Lipinski definition) is 2. The van der Waals surface area contributed by atoms with E-state index >= 15 is 0 Å². The number of aliphatic hydroxyl groups is 1. The molecule has 1 aromatic carbocycles. The van der Waals surface area contributed by atoms with E-state index in [0.29, 0.717) is 6.61 Å². The van der Waals surface area contributed by atoms with Crippen LogP contribution in [0, 0.1) is 0 Å². The summed E-state index contributed by atoms with van der Waals surface area (Å²) >= 11 is 0. The Morgan fingerprint density at radius 3 is 2.64 bits per heavy atom. The molecule has 78 valence electrons. The van der Waals surface area contributed by atoms with Crippen LogP contribution < -0.4 is 10.5 Å². The van der Waals surface area contributed by atoms with Crippen LogP contribution in [0.2, 0.25) is 0 Å². The summed E-state index contributed by atoms with van der Waals surface area (Å²) in [5.74, 6) is 0.880. The third-order valence-electron chi connectivity index (χ3n) is 1.97. The Kier molecular flexibility index (Phi) is 5.04. The Morgan fingerprint density at radius 1 is 1.29 bits per heavy atom. The van der Waals surface area contributed by atoms with Crippen molar-refractivity contribution >= 4 is 0 Å². The van der Waals surface area contributed by atoms with Crippen LogP contribution in [-0.4, -0.2) is 24.4 Å². The fraction of sp³-hybridized carbons (Fsp3) is 0.455. The molecule has 0 fully saturated rings. The lowest BCUT2D eigenvalue weighted by Gasteiger charge is -2.08. The molecular weight excluding hydrogens is 178 g/mol. The van der Waals surface area contributed by atoms with Gasteiger partial charge in [-0.05, 0) is 25.0 Å². The number of hydrogen-bond acceptors (Lipinski definition) is 3. The van der Waals surface area contributed by atoms with Gasteiger partial charge in [-0.15, -0.1) is 0 Å². The zero-order valence-corrected chi connectivity index (χ0v) is 8.23. The molecule has 0 spiro atoms. The molecule has 0 saturated heterocycles. The third kappa shape index (κ3) is 4.25. The van der Waals surface area contributed by atoms with Crippen molar-refractivity contribution in [3.63, 3.8) is 0 Å². The van der Waals surface area contributed by atoms with Crippen LogP contribution in [-0.2, 0) is 0 Å². The Balaban J connectivity index is 2.10. The lowest BCUT2D eigenvalue weighted by molar-refractivity contribution is 0.244. The number of nitrogens with two attached hydrogens (primary N) is 1. The van der Waals surface area contributed by atoms with Crippen molar-refractivity contribution in [3.8, 4) is 5.75 Å². The first-order valence-electron chi connectivity index (χ1n) is 4.87. The highest BCUT2D eigenvalue weighted by molar-refractivity contribution is 5.20. The summed E-state index contributed by atoms with van der Waals surface area (Å²) < 4.78 is 5.46. The van der Waals surface area contributed by atoms with Crippen molar-refractivity contribution in [2.45, 2.75) is 18.9 Å². The lowest BCUT2D eigenvalue weighted by atomic mass is 10.2. The molecule has 0 aliphatic heterocycles. The highest BCUT2D eigenvalue weighted by atomic mass is 16.5. The number of para-hydroxylation sites is 1. The van der Waals surface area contributed by atoms with Crippen molar-refractivity contribution < 1.29 is 9.84 Å². The van der Waals surface area contributed by atoms with Crippen molar-refractivity contribution in [2.75, 3.05) is 13.2 Å². The Hall–Kier alpha value is -1.06. The molecule has 0 bridgehead atoms. The second-order valence-electron chi connectivity index (χ2n) is 3.25. The maximum Gasteiger partial charge on any atom is 0.119 e. The summed E-state index contributed by atoms with van der Waals surface area (Å²) in [6.07, 6.45) is 1.67. The highest BCUT2D eigenvalue weighted by Crippen LogP contribution is 2.08. The second kappa shape index (κ2) is 6.40. The van der Waals surface area contributed by atoms with Gasteiger partial charge in [0.1, 0.15) is 5.75 Å². The number of benzene rings is 1. The fourth-order valence-corrected chi connectivity index (χ4v) is 1.14. The maximum atomic E-state index is 8.69. The Bertz CT molecular complexity index is 238. The van der Waals surface area contributed by atoms with E-state index in [1.807, 2.05) is 30.3 Å². The van der Waals surface area contributed by atoms with Crippen LogP contribution in [0.25, 0.3) is 0 Å². The molecule has 0 saturated carbocycles. The van der Waals surface area contributed by atoms with Crippen LogP contribution in [0.1, 0.15) is 12.8 Å². The van der Waals surface area contributed by atoms with Crippen molar-refractivity contribution in [3.05, 3.63) is 30.3 Å². The fourth-order valence-electron chi connectivity index (χ4n) is 1.14. The largest absolute Gasteiger partial charge is 0.494 e. The summed E-state index contributed by atoms with van der Waals surface area (Å²) in [6, 6.07) is 9.56. The zero-order chi connectivity index (χ0) is 10.2. The molecule has 1 rings (SSSR count). The van der Waals surface area contributed by atoms with Gasteiger partial charge in [0, 0.05) is 6.04 Å². The molecule has 0 amide bonds. The molecular formula is C11H17NO2. The van der Waals surface area contributed by atoms with E-state index in [-0.39, 0.29) is 12.6 Å². The predicted molar refractivity (Wildman–Crippen MR) is 56.2 cm³/mol. The summed E-state index contributed by atoms with van der Waals surface area (Å²) in [6.45, 7) is 0.697. The van der Waals surface area contributed by atoms with Gasteiger partial charge in [0.2, 0.25) is 0 Å². The van der Waals surface area contributed by atoms with Crippen molar-refractivity contribution in [1.29, 1.82) is 0 Å². The minimum atomic E-state index is -0.116. The topological polar surface area (TPSA) is 55.5 Å². The average molecular weight is 195 g/mol. The van der Waals surface area contributed by atoms with E-state index in [9.17, 15) is 0 Å². The molecule has 1 atom stereocenters. The maximum absolute atomic E-state index is 8.69. The second-order valence-corrected chi connectivity index (χ2v) is 3.25. The molecule has 0 aliphatic carbocycles. The van der Waals surface area contributed by atoms with Crippen LogP contribution in [0.15, 0.2) is 30.3 Å². The van der Waals surface area contributed by atoms with Gasteiger partial charge in [0.05, 0.1) is 13.2 Å². The molecule has 0 radical (unpaired) electrons. The van der Waals surface area contributed by atoms with Crippen LogP contribution in [0.4, 0.5) is 0 Å². The standard InChI is InChI=1S/C11H17NO2/c12-10(9-13)5-4-8-14-11-6-2-1-3-7-11/h1-3,6-7,10,13H,4-5,8-9,12H2/t10-/m0/s1. The van der Waals surface area contributed by atoms with E-state index in [1.54, 1.807) is 0 Å². The minimum Gasteiger partial charge on any atom is -0.494 e. The highest BCUT2D eigenvalue weighted by Gasteiger charge is 1.99. The van der Waals surface area contributed by atoms with E-state index < -0.39 is 0 Å². The normalized spacial score (nSPS) is 12.4. The van der Waals surface area contributed by atoms with E-state index in [4.69, 9.17) is 15.6 Å². The quantitative estimate of drug-likeness (QED) is 0.670.